The molecule has 0 spiro atoms. The Labute approximate surface area is 109 Å². The van der Waals surface area contributed by atoms with E-state index in [1.54, 1.807) is 12.4 Å². The van der Waals surface area contributed by atoms with Gasteiger partial charge in [-0.15, -0.1) is 0 Å². The van der Waals surface area contributed by atoms with E-state index in [0.717, 1.165) is 36.4 Å². The second-order valence-corrected chi connectivity index (χ2v) is 5.40. The van der Waals surface area contributed by atoms with Gasteiger partial charge in [0.2, 0.25) is 0 Å². The Balaban J connectivity index is 2.15. The topological polar surface area (TPSA) is 22.1 Å². The maximum absolute atomic E-state index is 6.14. The molecule has 16 heavy (non-hydrogen) atoms. The van der Waals surface area contributed by atoms with Gasteiger partial charge < -0.3 is 4.74 Å². The monoisotopic (exact) mass is 303 g/mol. The van der Waals surface area contributed by atoms with Crippen LogP contribution in [0.25, 0.3) is 0 Å². The minimum atomic E-state index is 0.198. The molecule has 1 fully saturated rings. The third kappa shape index (κ3) is 2.76. The zero-order valence-electron chi connectivity index (χ0n) is 9.09. The Bertz CT molecular complexity index is 353. The summed E-state index contributed by atoms with van der Waals surface area (Å²) in [4.78, 5) is 4.01. The highest BCUT2D eigenvalue weighted by molar-refractivity contribution is 9.09. The van der Waals surface area contributed by atoms with Crippen molar-refractivity contribution in [3.63, 3.8) is 0 Å². The molecule has 4 heteroatoms. The van der Waals surface area contributed by atoms with Crippen molar-refractivity contribution in [3.05, 3.63) is 29.0 Å². The highest BCUT2D eigenvalue weighted by atomic mass is 79.9. The molecule has 2 nitrogen and oxygen atoms in total. The van der Waals surface area contributed by atoms with E-state index < -0.39 is 0 Å². The molecule has 1 aliphatic heterocycles. The van der Waals surface area contributed by atoms with Gasteiger partial charge in [0, 0.05) is 29.7 Å². The SMILES string of the molecule is Clc1cnccc1CC1(CBr)CCCOC1. The summed E-state index contributed by atoms with van der Waals surface area (Å²) in [6, 6.07) is 2.00. The highest BCUT2D eigenvalue weighted by Gasteiger charge is 2.32. The maximum atomic E-state index is 6.14. The van der Waals surface area contributed by atoms with E-state index in [1.165, 1.54) is 12.0 Å². The average Bonchev–Trinajstić information content (AvgIpc) is 2.33. The first-order chi connectivity index (χ1) is 7.76. The Hall–Kier alpha value is -0.120. The summed E-state index contributed by atoms with van der Waals surface area (Å²) in [5.74, 6) is 0. The minimum absolute atomic E-state index is 0.198. The zero-order valence-corrected chi connectivity index (χ0v) is 11.4. The molecule has 0 N–H and O–H groups in total. The van der Waals surface area contributed by atoms with Crippen LogP contribution in [0, 0.1) is 5.41 Å². The second-order valence-electron chi connectivity index (χ2n) is 4.43. The second kappa shape index (κ2) is 5.48. The number of nitrogens with zero attached hydrogens (tertiary/aromatic N) is 1. The lowest BCUT2D eigenvalue weighted by Crippen LogP contribution is -2.35. The van der Waals surface area contributed by atoms with Crippen LogP contribution >= 0.6 is 27.5 Å². The fourth-order valence-electron chi connectivity index (χ4n) is 2.15. The van der Waals surface area contributed by atoms with Gasteiger partial charge in [-0.2, -0.15) is 0 Å². The lowest BCUT2D eigenvalue weighted by atomic mass is 9.79. The van der Waals surface area contributed by atoms with Crippen LogP contribution < -0.4 is 0 Å². The van der Waals surface area contributed by atoms with Crippen molar-refractivity contribution in [2.45, 2.75) is 19.3 Å². The molecule has 0 bridgehead atoms. The number of ether oxygens (including phenoxy) is 1. The van der Waals surface area contributed by atoms with E-state index in [-0.39, 0.29) is 5.41 Å². The predicted octanol–water partition coefficient (Wildman–Crippen LogP) is 3.47. The number of halogens is 2. The van der Waals surface area contributed by atoms with Gasteiger partial charge in [0.25, 0.3) is 0 Å². The number of aromatic nitrogens is 1. The largest absolute Gasteiger partial charge is 0.381 e. The number of pyridine rings is 1. The summed E-state index contributed by atoms with van der Waals surface area (Å²) in [5, 5.41) is 1.71. The number of hydrogen-bond acceptors (Lipinski definition) is 2. The summed E-state index contributed by atoms with van der Waals surface area (Å²) in [6.07, 6.45) is 6.79. The standard InChI is InChI=1S/C12H15BrClNO/c13-8-12(3-1-5-16-9-12)6-10-2-4-15-7-11(10)14/h2,4,7H,1,3,5-6,8-9H2. The maximum Gasteiger partial charge on any atom is 0.0621 e. The van der Waals surface area contributed by atoms with Gasteiger partial charge in [-0.05, 0) is 30.9 Å². The third-order valence-corrected chi connectivity index (χ3v) is 4.64. The summed E-state index contributed by atoms with van der Waals surface area (Å²) in [5.41, 5.74) is 1.37. The Morgan fingerprint density at radius 1 is 1.56 bits per heavy atom. The van der Waals surface area contributed by atoms with Gasteiger partial charge in [0.1, 0.15) is 0 Å². The first kappa shape index (κ1) is 12.3. The predicted molar refractivity (Wildman–Crippen MR) is 69.2 cm³/mol. The molecule has 1 aromatic rings. The van der Waals surface area contributed by atoms with Gasteiger partial charge >= 0.3 is 0 Å². The molecule has 0 aromatic carbocycles. The molecule has 88 valence electrons. The first-order valence-corrected chi connectivity index (χ1v) is 6.98. The molecular formula is C12H15BrClNO. The van der Waals surface area contributed by atoms with Crippen LogP contribution in [-0.4, -0.2) is 23.5 Å². The lowest BCUT2D eigenvalue weighted by Gasteiger charge is -2.35. The molecule has 1 saturated heterocycles. The van der Waals surface area contributed by atoms with E-state index >= 15 is 0 Å². The van der Waals surface area contributed by atoms with Crippen molar-refractivity contribution in [2.75, 3.05) is 18.5 Å². The van der Waals surface area contributed by atoms with Gasteiger partial charge in [0.05, 0.1) is 11.6 Å². The normalized spacial score (nSPS) is 25.6. The fraction of sp³-hybridized carbons (Fsp3) is 0.583. The Morgan fingerprint density at radius 3 is 3.06 bits per heavy atom. The summed E-state index contributed by atoms with van der Waals surface area (Å²) in [7, 11) is 0. The number of alkyl halides is 1. The first-order valence-electron chi connectivity index (χ1n) is 5.48. The molecule has 0 aliphatic carbocycles. The molecule has 2 rings (SSSR count). The molecule has 0 saturated carbocycles. The van der Waals surface area contributed by atoms with Crippen molar-refractivity contribution in [1.29, 1.82) is 0 Å². The van der Waals surface area contributed by atoms with Gasteiger partial charge in [-0.3, -0.25) is 4.98 Å². The van der Waals surface area contributed by atoms with Crippen LogP contribution in [-0.2, 0) is 11.2 Å². The molecule has 1 aliphatic rings. The van der Waals surface area contributed by atoms with Crippen molar-refractivity contribution < 1.29 is 4.74 Å². The van der Waals surface area contributed by atoms with E-state index in [2.05, 4.69) is 20.9 Å². The lowest BCUT2D eigenvalue weighted by molar-refractivity contribution is 0.00615. The van der Waals surface area contributed by atoms with Crippen LogP contribution in [0.1, 0.15) is 18.4 Å². The van der Waals surface area contributed by atoms with Crippen LogP contribution in [0.2, 0.25) is 5.02 Å². The van der Waals surface area contributed by atoms with E-state index in [1.807, 2.05) is 6.07 Å². The highest BCUT2D eigenvalue weighted by Crippen LogP contribution is 2.35. The van der Waals surface area contributed by atoms with Gasteiger partial charge in [0.15, 0.2) is 0 Å². The molecule has 0 amide bonds. The van der Waals surface area contributed by atoms with Crippen molar-refractivity contribution >= 4 is 27.5 Å². The molecule has 0 radical (unpaired) electrons. The van der Waals surface area contributed by atoms with Crippen molar-refractivity contribution in [3.8, 4) is 0 Å². The molecule has 1 unspecified atom stereocenters. The van der Waals surface area contributed by atoms with Gasteiger partial charge in [-0.25, -0.2) is 0 Å². The van der Waals surface area contributed by atoms with Crippen molar-refractivity contribution in [1.82, 2.24) is 4.98 Å². The molecule has 1 aromatic heterocycles. The van der Waals surface area contributed by atoms with Crippen LogP contribution in [0.15, 0.2) is 18.5 Å². The van der Waals surface area contributed by atoms with Crippen LogP contribution in [0.3, 0.4) is 0 Å². The van der Waals surface area contributed by atoms with Crippen molar-refractivity contribution in [2.24, 2.45) is 5.41 Å². The van der Waals surface area contributed by atoms with E-state index in [9.17, 15) is 0 Å². The van der Waals surface area contributed by atoms with E-state index in [4.69, 9.17) is 16.3 Å². The summed E-state index contributed by atoms with van der Waals surface area (Å²) >= 11 is 9.76. The van der Waals surface area contributed by atoms with Gasteiger partial charge in [-0.1, -0.05) is 27.5 Å². The van der Waals surface area contributed by atoms with Crippen LogP contribution in [0.4, 0.5) is 0 Å². The fourth-order valence-corrected chi connectivity index (χ4v) is 2.98. The smallest absolute Gasteiger partial charge is 0.0621 e. The molecular weight excluding hydrogens is 289 g/mol. The summed E-state index contributed by atoms with van der Waals surface area (Å²) in [6.45, 7) is 1.70. The number of rotatable bonds is 3. The average molecular weight is 305 g/mol. The quantitative estimate of drug-likeness (QED) is 0.798. The Kier molecular flexibility index (Phi) is 4.22. The Morgan fingerprint density at radius 2 is 2.44 bits per heavy atom. The third-order valence-electron chi connectivity index (χ3n) is 3.11. The molecule has 1 atom stereocenters. The summed E-state index contributed by atoms with van der Waals surface area (Å²) < 4.78 is 5.60. The van der Waals surface area contributed by atoms with E-state index in [0.29, 0.717) is 0 Å². The minimum Gasteiger partial charge on any atom is -0.381 e. The molecule has 2 heterocycles. The van der Waals surface area contributed by atoms with Crippen LogP contribution in [0.5, 0.6) is 0 Å². The zero-order chi connectivity index (χ0) is 11.4. The number of hydrogen-bond donors (Lipinski definition) is 0.